The Balaban J connectivity index is 1.01. The van der Waals surface area contributed by atoms with Gasteiger partial charge in [0.2, 0.25) is 0 Å². The highest BCUT2D eigenvalue weighted by Crippen LogP contribution is 2.65. The predicted molar refractivity (Wildman–Crippen MR) is 238 cm³/mol. The van der Waals surface area contributed by atoms with Crippen LogP contribution in [-0.4, -0.2) is 0 Å². The molecule has 0 saturated carbocycles. The van der Waals surface area contributed by atoms with Crippen molar-refractivity contribution >= 4 is 82.9 Å². The third-order valence-electron chi connectivity index (χ3n) is 13.0. The first-order valence-corrected chi connectivity index (χ1v) is 19.9. The van der Waals surface area contributed by atoms with E-state index in [1.54, 1.807) is 0 Å². The van der Waals surface area contributed by atoms with Gasteiger partial charge in [0, 0.05) is 55.0 Å². The first-order chi connectivity index (χ1) is 27.8. The lowest BCUT2D eigenvalue weighted by atomic mass is 9.74. The van der Waals surface area contributed by atoms with Crippen LogP contribution in [0.2, 0.25) is 0 Å². The van der Waals surface area contributed by atoms with E-state index < -0.39 is 0 Å². The third kappa shape index (κ3) is 4.37. The summed E-state index contributed by atoms with van der Waals surface area (Å²) >= 11 is 0. The molecule has 0 bridgehead atoms. The smallest absolute Gasteiger partial charge is 0.143 e. The maximum atomic E-state index is 6.95. The van der Waals surface area contributed by atoms with Gasteiger partial charge in [0.15, 0.2) is 0 Å². The molecule has 2 aliphatic carbocycles. The average Bonchev–Trinajstić information content (AvgIpc) is 3.94. The molecule has 0 unspecified atom stereocenters. The first kappa shape index (κ1) is 32.4. The van der Waals surface area contributed by atoms with Gasteiger partial charge < -0.3 is 13.7 Å². The SMILES string of the molecule is CC1(C)C2=C(c3c1ccc1oc4c(-c5ccc(N(c6ccccc6)c6ccc7ccccc7c6)cc5)cccc4c31)C(C)(C)c1c2ccc2oc3ccccc3c12. The van der Waals surface area contributed by atoms with E-state index >= 15 is 0 Å². The second kappa shape index (κ2) is 11.4. The van der Waals surface area contributed by atoms with Crippen LogP contribution in [0.5, 0.6) is 0 Å². The number of nitrogens with zero attached hydrogens (tertiary/aromatic N) is 1. The zero-order valence-electron chi connectivity index (χ0n) is 32.4. The summed E-state index contributed by atoms with van der Waals surface area (Å²) in [4.78, 5) is 2.33. The molecule has 0 atom stereocenters. The van der Waals surface area contributed by atoms with Crippen LogP contribution < -0.4 is 4.90 Å². The molecule has 57 heavy (non-hydrogen) atoms. The van der Waals surface area contributed by atoms with E-state index in [-0.39, 0.29) is 10.8 Å². The molecule has 0 saturated heterocycles. The Hall–Kier alpha value is -6.84. The van der Waals surface area contributed by atoms with E-state index in [0.717, 1.165) is 55.9 Å². The Morgan fingerprint density at radius 2 is 1.12 bits per heavy atom. The van der Waals surface area contributed by atoms with Gasteiger partial charge in [-0.25, -0.2) is 0 Å². The van der Waals surface area contributed by atoms with Crippen LogP contribution in [0.3, 0.4) is 0 Å². The van der Waals surface area contributed by atoms with Crippen LogP contribution in [0.25, 0.3) is 76.9 Å². The van der Waals surface area contributed by atoms with Crippen molar-refractivity contribution in [1.29, 1.82) is 0 Å². The number of benzene rings is 8. The Kier molecular flexibility index (Phi) is 6.46. The molecular formula is C54H39NO2. The van der Waals surface area contributed by atoms with Crippen molar-refractivity contribution in [3.8, 4) is 11.1 Å². The molecule has 272 valence electrons. The molecule has 0 radical (unpaired) electrons. The Labute approximate surface area is 331 Å². The minimum Gasteiger partial charge on any atom is -0.456 e. The molecule has 2 heterocycles. The monoisotopic (exact) mass is 733 g/mol. The summed E-state index contributed by atoms with van der Waals surface area (Å²) in [5.41, 5.74) is 17.1. The first-order valence-electron chi connectivity index (χ1n) is 19.9. The highest BCUT2D eigenvalue weighted by Gasteiger charge is 2.51. The molecular weight excluding hydrogens is 695 g/mol. The lowest BCUT2D eigenvalue weighted by Gasteiger charge is -2.28. The summed E-state index contributed by atoms with van der Waals surface area (Å²) in [6.07, 6.45) is 0. The molecule has 0 fully saturated rings. The van der Waals surface area contributed by atoms with Crippen LogP contribution in [0, 0.1) is 0 Å². The maximum Gasteiger partial charge on any atom is 0.143 e. The van der Waals surface area contributed by atoms with Crippen LogP contribution in [-0.2, 0) is 10.8 Å². The van der Waals surface area contributed by atoms with Crippen molar-refractivity contribution in [2.75, 3.05) is 4.90 Å². The van der Waals surface area contributed by atoms with Gasteiger partial charge in [-0.15, -0.1) is 0 Å². The number of furan rings is 2. The maximum absolute atomic E-state index is 6.95. The van der Waals surface area contributed by atoms with Crippen LogP contribution in [0.15, 0.2) is 173 Å². The fraction of sp³-hybridized carbons (Fsp3) is 0.111. The molecule has 2 aromatic heterocycles. The van der Waals surface area contributed by atoms with E-state index in [1.807, 2.05) is 0 Å². The van der Waals surface area contributed by atoms with Crippen LogP contribution >= 0.6 is 0 Å². The van der Waals surface area contributed by atoms with Crippen molar-refractivity contribution in [1.82, 2.24) is 0 Å². The average molecular weight is 734 g/mol. The van der Waals surface area contributed by atoms with Crippen LogP contribution in [0.1, 0.15) is 49.9 Å². The largest absolute Gasteiger partial charge is 0.456 e. The van der Waals surface area contributed by atoms with Gasteiger partial charge in [0.1, 0.15) is 22.3 Å². The normalized spacial score (nSPS) is 15.2. The Bertz CT molecular complexity index is 3340. The standard InChI is InChI=1S/C54H39NO2/c1-53(2)42-28-30-44-46(48(42)51-50(53)41-27-29-45-47(49(41)54(51,3)4)39-17-10-11-20-43(39)56-45)40-19-12-18-38(52(40)57-44)33-22-24-36(25-23-33)55(35-15-6-5-7-16-35)37-26-21-32-13-8-9-14-34(32)31-37/h5-31H,1-4H3. The molecule has 3 nitrogen and oxygen atoms in total. The molecule has 3 heteroatoms. The number of hydrogen-bond donors (Lipinski definition) is 0. The Morgan fingerprint density at radius 1 is 0.439 bits per heavy atom. The lowest BCUT2D eigenvalue weighted by Crippen LogP contribution is -2.19. The molecule has 0 amide bonds. The minimum absolute atomic E-state index is 0.193. The molecule has 2 aliphatic rings. The van der Waals surface area contributed by atoms with E-state index in [0.29, 0.717) is 0 Å². The second-order valence-corrected chi connectivity index (χ2v) is 16.9. The summed E-state index contributed by atoms with van der Waals surface area (Å²) < 4.78 is 13.4. The number of fused-ring (bicyclic) bond motifs is 13. The molecule has 12 rings (SSSR count). The molecule has 0 spiro atoms. The highest BCUT2D eigenvalue weighted by atomic mass is 16.3. The summed E-state index contributed by atoms with van der Waals surface area (Å²) in [6, 6.07) is 58.9. The number of rotatable bonds is 4. The van der Waals surface area contributed by atoms with Crippen molar-refractivity contribution in [2.24, 2.45) is 0 Å². The third-order valence-corrected chi connectivity index (χ3v) is 13.0. The summed E-state index contributed by atoms with van der Waals surface area (Å²) in [7, 11) is 0. The highest BCUT2D eigenvalue weighted by molar-refractivity contribution is 6.23. The predicted octanol–water partition coefficient (Wildman–Crippen LogP) is 15.3. The summed E-state index contributed by atoms with van der Waals surface area (Å²) in [5, 5.41) is 7.23. The number of allylic oxidation sites excluding steroid dienone is 2. The number of hydrogen-bond acceptors (Lipinski definition) is 3. The molecule has 0 aliphatic heterocycles. The van der Waals surface area contributed by atoms with E-state index in [2.05, 4.69) is 196 Å². The van der Waals surface area contributed by atoms with E-state index in [4.69, 9.17) is 8.83 Å². The topological polar surface area (TPSA) is 29.5 Å². The lowest BCUT2D eigenvalue weighted by molar-refractivity contribution is 0.664. The van der Waals surface area contributed by atoms with Gasteiger partial charge in [-0.1, -0.05) is 137 Å². The van der Waals surface area contributed by atoms with Gasteiger partial charge in [-0.3, -0.25) is 0 Å². The zero-order valence-corrected chi connectivity index (χ0v) is 32.4. The van der Waals surface area contributed by atoms with Gasteiger partial charge in [-0.2, -0.15) is 0 Å². The number of para-hydroxylation sites is 3. The van der Waals surface area contributed by atoms with Crippen molar-refractivity contribution in [2.45, 2.75) is 38.5 Å². The summed E-state index contributed by atoms with van der Waals surface area (Å²) in [6.45, 7) is 9.61. The number of anilines is 3. The fourth-order valence-electron chi connectivity index (χ4n) is 10.5. The molecule has 0 N–H and O–H groups in total. The quantitative estimate of drug-likeness (QED) is 0.180. The minimum atomic E-state index is -0.264. The van der Waals surface area contributed by atoms with Crippen LogP contribution in [0.4, 0.5) is 17.1 Å². The van der Waals surface area contributed by atoms with Gasteiger partial charge in [-0.05, 0) is 104 Å². The fourth-order valence-corrected chi connectivity index (χ4v) is 10.5. The van der Waals surface area contributed by atoms with Gasteiger partial charge in [0.25, 0.3) is 0 Å². The second-order valence-electron chi connectivity index (χ2n) is 16.9. The van der Waals surface area contributed by atoms with Crippen molar-refractivity contribution in [3.63, 3.8) is 0 Å². The van der Waals surface area contributed by atoms with Crippen molar-refractivity contribution < 1.29 is 8.83 Å². The molecule has 8 aromatic carbocycles. The van der Waals surface area contributed by atoms with Gasteiger partial charge >= 0.3 is 0 Å². The van der Waals surface area contributed by atoms with Gasteiger partial charge in [0.05, 0.1) is 0 Å². The summed E-state index contributed by atoms with van der Waals surface area (Å²) in [5.74, 6) is 0. The Morgan fingerprint density at radius 3 is 1.96 bits per heavy atom. The van der Waals surface area contributed by atoms with E-state index in [1.165, 1.54) is 60.3 Å². The zero-order chi connectivity index (χ0) is 38.2. The van der Waals surface area contributed by atoms with E-state index in [9.17, 15) is 0 Å². The molecule has 10 aromatic rings. The van der Waals surface area contributed by atoms with Crippen molar-refractivity contribution in [3.05, 3.63) is 186 Å².